The predicted octanol–water partition coefficient (Wildman–Crippen LogP) is 4.26. The molecule has 2 amide bonds. The molecular weight excluding hydrogens is 594 g/mol. The van der Waals surface area contributed by atoms with Crippen LogP contribution in [-0.4, -0.2) is 86.6 Å². The van der Waals surface area contributed by atoms with E-state index >= 15 is 0 Å². The molecule has 1 saturated heterocycles. The highest BCUT2D eigenvalue weighted by molar-refractivity contribution is 6.14. The zero-order valence-electron chi connectivity index (χ0n) is 24.9. The fourth-order valence-electron chi connectivity index (χ4n) is 4.55. The highest BCUT2D eigenvalue weighted by Gasteiger charge is 2.43. The van der Waals surface area contributed by atoms with Crippen LogP contribution in [0.15, 0.2) is 55.9 Å². The van der Waals surface area contributed by atoms with E-state index in [2.05, 4.69) is 53.4 Å². The van der Waals surface area contributed by atoms with Gasteiger partial charge in [-0.15, -0.1) is 21.9 Å². The lowest BCUT2D eigenvalue weighted by molar-refractivity contribution is -0.286. The van der Waals surface area contributed by atoms with E-state index in [0.29, 0.717) is 25.6 Å². The molecule has 2 aromatic heterocycles. The van der Waals surface area contributed by atoms with E-state index in [4.69, 9.17) is 14.2 Å². The van der Waals surface area contributed by atoms with Crippen LogP contribution in [0.4, 0.5) is 26.0 Å². The van der Waals surface area contributed by atoms with Gasteiger partial charge >= 0.3 is 6.29 Å². The first-order valence-corrected chi connectivity index (χ1v) is 13.9. The molecule has 3 aromatic rings. The average molecular weight is 629 g/mol. The van der Waals surface area contributed by atoms with Crippen molar-refractivity contribution in [2.24, 2.45) is 0 Å². The number of pyridine rings is 2. The van der Waals surface area contributed by atoms with Gasteiger partial charge in [-0.1, -0.05) is 0 Å². The third kappa shape index (κ3) is 8.33. The number of nitrogens with one attached hydrogen (secondary N) is 3. The van der Waals surface area contributed by atoms with E-state index in [1.807, 2.05) is 0 Å². The normalized spacial score (nSPS) is 14.8. The molecule has 1 fully saturated rings. The number of amides is 2. The number of methoxy groups -OCH3 is 2. The monoisotopic (exact) mass is 628 g/mol. The third-order valence-corrected chi connectivity index (χ3v) is 6.65. The Balaban J connectivity index is 0.00000226. The van der Waals surface area contributed by atoms with Crippen LogP contribution in [0.2, 0.25) is 0 Å². The maximum Gasteiger partial charge on any atom is 0.586 e. The van der Waals surface area contributed by atoms with E-state index in [0.717, 1.165) is 26.1 Å². The summed E-state index contributed by atoms with van der Waals surface area (Å²) in [6, 6.07) is 6.69. The predicted molar refractivity (Wildman–Crippen MR) is 162 cm³/mol. The number of anilines is 3. The molecule has 0 spiro atoms. The number of nitrogens with zero attached hydrogens (tertiary/aromatic N) is 3. The second-order valence-electron chi connectivity index (χ2n) is 9.48. The summed E-state index contributed by atoms with van der Waals surface area (Å²) in [5.74, 6) is -1.01. The second kappa shape index (κ2) is 15.1. The second-order valence-corrected chi connectivity index (χ2v) is 9.48. The van der Waals surface area contributed by atoms with Crippen LogP contribution in [0.5, 0.6) is 23.1 Å². The Morgan fingerprint density at radius 3 is 2.49 bits per heavy atom. The standard InChI is InChI=1S/C28H30F2N6O7.C2H4/c1-39-21-6-8-32-25(31-7-3-9-36-10-12-41-13-11-36)24(21)27(38)35-19-16-33-23(40-2)15-18(19)26(37)34-17-4-5-20-22(14-17)43-28(29,30)42-20;1-2/h4-6,8,14-16H,3,7,9-13H2,1-2H3,(H,31,32)(H,34,37)(H,35,38);1-2H2. The van der Waals surface area contributed by atoms with Crippen molar-refractivity contribution in [3.8, 4) is 23.1 Å². The van der Waals surface area contributed by atoms with E-state index in [1.165, 1.54) is 50.9 Å². The van der Waals surface area contributed by atoms with E-state index in [-0.39, 0.29) is 45.6 Å². The van der Waals surface area contributed by atoms with Gasteiger partial charge in [0.25, 0.3) is 11.8 Å². The first-order chi connectivity index (χ1) is 21.8. The Morgan fingerprint density at radius 2 is 1.76 bits per heavy atom. The summed E-state index contributed by atoms with van der Waals surface area (Å²) in [4.78, 5) is 37.7. The minimum atomic E-state index is -3.80. The molecule has 15 heteroatoms. The fourth-order valence-corrected chi connectivity index (χ4v) is 4.55. The summed E-state index contributed by atoms with van der Waals surface area (Å²) in [7, 11) is 2.81. The number of rotatable bonds is 11. The molecule has 45 heavy (non-hydrogen) atoms. The molecule has 0 unspecified atom stereocenters. The number of hydrogen-bond acceptors (Lipinski definition) is 11. The van der Waals surface area contributed by atoms with Gasteiger partial charge in [-0.25, -0.2) is 9.97 Å². The quantitative estimate of drug-likeness (QED) is 0.207. The summed E-state index contributed by atoms with van der Waals surface area (Å²) >= 11 is 0. The largest absolute Gasteiger partial charge is 0.586 e. The van der Waals surface area contributed by atoms with Gasteiger partial charge in [-0.05, 0) is 31.2 Å². The molecule has 0 atom stereocenters. The zero-order chi connectivity index (χ0) is 32.4. The number of hydrogen-bond donors (Lipinski definition) is 3. The highest BCUT2D eigenvalue weighted by atomic mass is 19.3. The van der Waals surface area contributed by atoms with Crippen molar-refractivity contribution >= 4 is 29.0 Å². The number of carbonyl (C=O) groups excluding carboxylic acids is 2. The van der Waals surface area contributed by atoms with Crippen molar-refractivity contribution in [2.45, 2.75) is 12.7 Å². The van der Waals surface area contributed by atoms with Crippen molar-refractivity contribution < 1.29 is 42.1 Å². The van der Waals surface area contributed by atoms with Gasteiger partial charge in [0.1, 0.15) is 17.1 Å². The van der Waals surface area contributed by atoms with Crippen LogP contribution in [0.1, 0.15) is 27.1 Å². The summed E-state index contributed by atoms with van der Waals surface area (Å²) < 4.78 is 51.7. The Bertz CT molecular complexity index is 1500. The Kier molecular flexibility index (Phi) is 11.0. The van der Waals surface area contributed by atoms with Crippen LogP contribution in [0.25, 0.3) is 0 Å². The molecule has 1 aromatic carbocycles. The lowest BCUT2D eigenvalue weighted by Crippen LogP contribution is -2.37. The first kappa shape index (κ1) is 32.9. The van der Waals surface area contributed by atoms with Crippen LogP contribution in [-0.2, 0) is 4.74 Å². The average Bonchev–Trinajstić information content (AvgIpc) is 3.37. The molecule has 3 N–H and O–H groups in total. The molecule has 2 aliphatic heterocycles. The topological polar surface area (TPSA) is 145 Å². The van der Waals surface area contributed by atoms with Crippen molar-refractivity contribution in [2.75, 3.05) is 69.6 Å². The van der Waals surface area contributed by atoms with Gasteiger partial charge in [0.15, 0.2) is 11.5 Å². The molecule has 2 aliphatic rings. The number of ether oxygens (including phenoxy) is 5. The maximum absolute atomic E-state index is 13.6. The van der Waals surface area contributed by atoms with Crippen molar-refractivity contribution in [3.05, 3.63) is 67.0 Å². The van der Waals surface area contributed by atoms with Gasteiger partial charge in [0.2, 0.25) is 5.88 Å². The number of fused-ring (bicyclic) bond motifs is 1. The SMILES string of the molecule is C=C.COc1cc(C(=O)Nc2ccc3c(c2)OC(F)(F)O3)c(NC(=O)c2c(OC)ccnc2NCCCN2CCOCC2)cn1. The fraction of sp³-hybridized carbons (Fsp3) is 0.333. The molecule has 0 saturated carbocycles. The van der Waals surface area contributed by atoms with Crippen LogP contribution in [0.3, 0.4) is 0 Å². The molecule has 13 nitrogen and oxygen atoms in total. The molecule has 4 heterocycles. The third-order valence-electron chi connectivity index (χ3n) is 6.65. The minimum Gasteiger partial charge on any atom is -0.496 e. The number of aromatic nitrogens is 2. The van der Waals surface area contributed by atoms with Gasteiger partial charge in [0, 0.05) is 43.7 Å². The Labute approximate surface area is 258 Å². The Hall–Kier alpha value is -5.02. The smallest absolute Gasteiger partial charge is 0.496 e. The number of benzene rings is 1. The number of morpholine rings is 1. The van der Waals surface area contributed by atoms with Crippen LogP contribution < -0.4 is 34.9 Å². The minimum absolute atomic E-state index is 0.00826. The summed E-state index contributed by atoms with van der Waals surface area (Å²) in [6.45, 7) is 10.6. The van der Waals surface area contributed by atoms with Gasteiger partial charge < -0.3 is 39.6 Å². The molecule has 5 rings (SSSR count). The van der Waals surface area contributed by atoms with E-state index < -0.39 is 18.1 Å². The summed E-state index contributed by atoms with van der Waals surface area (Å²) in [5.41, 5.74) is 0.330. The van der Waals surface area contributed by atoms with Crippen LogP contribution >= 0.6 is 0 Å². The van der Waals surface area contributed by atoms with E-state index in [9.17, 15) is 18.4 Å². The molecule has 0 radical (unpaired) electrons. The maximum atomic E-state index is 13.6. The summed E-state index contributed by atoms with van der Waals surface area (Å²) in [5, 5.41) is 8.52. The van der Waals surface area contributed by atoms with Crippen LogP contribution in [0, 0.1) is 0 Å². The number of alkyl halides is 2. The van der Waals surface area contributed by atoms with Crippen molar-refractivity contribution in [1.29, 1.82) is 0 Å². The van der Waals surface area contributed by atoms with Gasteiger partial charge in [-0.3, -0.25) is 14.5 Å². The lowest BCUT2D eigenvalue weighted by Gasteiger charge is -2.26. The molecule has 0 bridgehead atoms. The molecular formula is C30H34F2N6O7. The zero-order valence-corrected chi connectivity index (χ0v) is 24.9. The Morgan fingerprint density at radius 1 is 1.00 bits per heavy atom. The number of carbonyl (C=O) groups is 2. The first-order valence-electron chi connectivity index (χ1n) is 13.9. The van der Waals surface area contributed by atoms with Gasteiger partial charge in [-0.2, -0.15) is 0 Å². The molecule has 0 aliphatic carbocycles. The van der Waals surface area contributed by atoms with Crippen molar-refractivity contribution in [3.63, 3.8) is 0 Å². The highest BCUT2D eigenvalue weighted by Crippen LogP contribution is 2.42. The lowest BCUT2D eigenvalue weighted by atomic mass is 10.1. The summed E-state index contributed by atoms with van der Waals surface area (Å²) in [6.07, 6.45) is -0.200. The number of halogens is 2. The van der Waals surface area contributed by atoms with Gasteiger partial charge in [0.05, 0.1) is 44.9 Å². The van der Waals surface area contributed by atoms with Crippen molar-refractivity contribution in [1.82, 2.24) is 14.9 Å². The van der Waals surface area contributed by atoms with E-state index in [1.54, 1.807) is 6.07 Å². The molecule has 240 valence electrons.